The van der Waals surface area contributed by atoms with E-state index < -0.39 is 0 Å². The van der Waals surface area contributed by atoms with E-state index in [9.17, 15) is 0 Å². The van der Waals surface area contributed by atoms with Gasteiger partial charge in [0.2, 0.25) is 0 Å². The molecule has 2 heterocycles. The molecule has 0 radical (unpaired) electrons. The molecule has 0 aliphatic carbocycles. The first kappa shape index (κ1) is 30.0. The highest BCUT2D eigenvalue weighted by molar-refractivity contribution is 7.26. The molecule has 0 saturated carbocycles. The van der Waals surface area contributed by atoms with Crippen LogP contribution in [0.5, 0.6) is 0 Å². The number of hydrogen-bond donors (Lipinski definition) is 0. The first-order valence-electron chi connectivity index (χ1n) is 18.1. The fourth-order valence-electron chi connectivity index (χ4n) is 8.29. The lowest BCUT2D eigenvalue weighted by atomic mass is 10.00. The van der Waals surface area contributed by atoms with Crippen LogP contribution in [0.4, 0.5) is 17.1 Å². The molecule has 0 fully saturated rings. The lowest BCUT2D eigenvalue weighted by molar-refractivity contribution is 1.18. The van der Waals surface area contributed by atoms with Crippen LogP contribution in [0.2, 0.25) is 0 Å². The molecule has 9 aromatic carbocycles. The topological polar surface area (TPSA) is 8.17 Å². The second-order valence-corrected chi connectivity index (χ2v) is 14.8. The van der Waals surface area contributed by atoms with Crippen molar-refractivity contribution in [2.24, 2.45) is 0 Å². The molecule has 0 bridgehead atoms. The molecule has 0 atom stereocenters. The van der Waals surface area contributed by atoms with Crippen LogP contribution in [0.1, 0.15) is 0 Å². The van der Waals surface area contributed by atoms with Crippen LogP contribution >= 0.6 is 11.3 Å². The van der Waals surface area contributed by atoms with Crippen LogP contribution in [0, 0.1) is 0 Å². The Morgan fingerprint density at radius 1 is 0.396 bits per heavy atom. The molecule has 53 heavy (non-hydrogen) atoms. The van der Waals surface area contributed by atoms with E-state index in [1.807, 2.05) is 11.3 Å². The first-order chi connectivity index (χ1) is 26.3. The van der Waals surface area contributed by atoms with Crippen molar-refractivity contribution in [2.75, 3.05) is 4.90 Å². The summed E-state index contributed by atoms with van der Waals surface area (Å²) in [7, 11) is 0. The summed E-state index contributed by atoms with van der Waals surface area (Å²) >= 11 is 1.89. The summed E-state index contributed by atoms with van der Waals surface area (Å²) in [6.07, 6.45) is 0. The van der Waals surface area contributed by atoms with Crippen LogP contribution in [0.25, 0.3) is 80.3 Å². The summed E-state index contributed by atoms with van der Waals surface area (Å²) in [5.41, 5.74) is 9.38. The molecule has 0 unspecified atom stereocenters. The molecule has 2 nitrogen and oxygen atoms in total. The molecule has 0 amide bonds. The van der Waals surface area contributed by atoms with Gasteiger partial charge < -0.3 is 9.47 Å². The van der Waals surface area contributed by atoms with Crippen molar-refractivity contribution in [3.63, 3.8) is 0 Å². The number of thiophene rings is 1. The molecule has 0 saturated heterocycles. The van der Waals surface area contributed by atoms with Gasteiger partial charge in [0.1, 0.15) is 0 Å². The third-order valence-corrected chi connectivity index (χ3v) is 11.9. The molecule has 2 aromatic heterocycles. The van der Waals surface area contributed by atoms with Crippen molar-refractivity contribution in [3.05, 3.63) is 194 Å². The smallest absolute Gasteiger partial charge is 0.0561 e. The van der Waals surface area contributed by atoms with Crippen molar-refractivity contribution in [1.29, 1.82) is 0 Å². The van der Waals surface area contributed by atoms with Gasteiger partial charge in [-0.25, -0.2) is 0 Å². The van der Waals surface area contributed by atoms with Gasteiger partial charge in [0.05, 0.1) is 16.7 Å². The van der Waals surface area contributed by atoms with Gasteiger partial charge in [0, 0.05) is 48.0 Å². The van der Waals surface area contributed by atoms with E-state index in [1.54, 1.807) is 0 Å². The van der Waals surface area contributed by atoms with Gasteiger partial charge in [-0.1, -0.05) is 133 Å². The molecule has 0 aliphatic rings. The Morgan fingerprint density at radius 2 is 1.08 bits per heavy atom. The maximum Gasteiger partial charge on any atom is 0.0561 e. The molecule has 11 rings (SSSR count). The number of para-hydroxylation sites is 2. The average Bonchev–Trinajstić information content (AvgIpc) is 3.78. The van der Waals surface area contributed by atoms with Crippen LogP contribution in [0.15, 0.2) is 194 Å². The third kappa shape index (κ3) is 4.78. The van der Waals surface area contributed by atoms with Gasteiger partial charge in [0.25, 0.3) is 0 Å². The Labute approximate surface area is 311 Å². The fraction of sp³-hybridized carbons (Fsp3) is 0. The third-order valence-electron chi connectivity index (χ3n) is 10.7. The van der Waals surface area contributed by atoms with Gasteiger partial charge in [-0.05, 0) is 93.3 Å². The van der Waals surface area contributed by atoms with E-state index in [4.69, 9.17) is 0 Å². The van der Waals surface area contributed by atoms with Crippen LogP contribution in [-0.4, -0.2) is 4.57 Å². The van der Waals surface area contributed by atoms with E-state index in [2.05, 4.69) is 204 Å². The predicted octanol–water partition coefficient (Wildman–Crippen LogP) is 14.6. The highest BCUT2D eigenvalue weighted by Gasteiger charge is 2.21. The highest BCUT2D eigenvalue weighted by Crippen LogP contribution is 2.48. The van der Waals surface area contributed by atoms with Crippen molar-refractivity contribution < 1.29 is 0 Å². The molecule has 3 heteroatoms. The molecule has 0 aliphatic heterocycles. The molecular formula is C50H32N2S. The zero-order valence-corrected chi connectivity index (χ0v) is 29.6. The van der Waals surface area contributed by atoms with Gasteiger partial charge in [-0.3, -0.25) is 0 Å². The largest absolute Gasteiger partial charge is 0.310 e. The van der Waals surface area contributed by atoms with E-state index >= 15 is 0 Å². The van der Waals surface area contributed by atoms with Crippen molar-refractivity contribution in [1.82, 2.24) is 4.57 Å². The zero-order chi connectivity index (χ0) is 34.9. The number of benzene rings is 9. The van der Waals surface area contributed by atoms with Crippen molar-refractivity contribution in [2.45, 2.75) is 0 Å². The van der Waals surface area contributed by atoms with Crippen LogP contribution in [0.3, 0.4) is 0 Å². The fourth-order valence-corrected chi connectivity index (χ4v) is 9.54. The minimum atomic E-state index is 1.11. The maximum atomic E-state index is 2.48. The van der Waals surface area contributed by atoms with Gasteiger partial charge in [0.15, 0.2) is 0 Å². The number of nitrogens with zero attached hydrogens (tertiary/aromatic N) is 2. The quantitative estimate of drug-likeness (QED) is 0.174. The second kappa shape index (κ2) is 11.9. The average molecular weight is 693 g/mol. The van der Waals surface area contributed by atoms with Crippen LogP contribution in [-0.2, 0) is 0 Å². The Morgan fingerprint density at radius 3 is 1.96 bits per heavy atom. The first-order valence-corrected chi connectivity index (χ1v) is 18.9. The van der Waals surface area contributed by atoms with Gasteiger partial charge >= 0.3 is 0 Å². The molecular weight excluding hydrogens is 661 g/mol. The summed E-state index contributed by atoms with van der Waals surface area (Å²) in [5, 5.41) is 10.1. The van der Waals surface area contributed by atoms with E-state index in [0.717, 1.165) is 17.1 Å². The normalized spacial score (nSPS) is 11.8. The monoisotopic (exact) mass is 692 g/mol. The Bertz CT molecular complexity index is 3170. The van der Waals surface area contributed by atoms with Gasteiger partial charge in [-0.15, -0.1) is 11.3 Å². The minimum Gasteiger partial charge on any atom is -0.310 e. The molecule has 11 aromatic rings. The van der Waals surface area contributed by atoms with E-state index in [1.165, 1.54) is 80.3 Å². The number of anilines is 3. The Hall–Kier alpha value is -6.68. The summed E-state index contributed by atoms with van der Waals surface area (Å²) in [6.45, 7) is 0. The molecule has 248 valence electrons. The summed E-state index contributed by atoms with van der Waals surface area (Å²) in [5.74, 6) is 0. The van der Waals surface area contributed by atoms with Crippen molar-refractivity contribution >= 4 is 91.9 Å². The summed E-state index contributed by atoms with van der Waals surface area (Å²) in [4.78, 5) is 2.48. The van der Waals surface area contributed by atoms with Gasteiger partial charge in [-0.2, -0.15) is 0 Å². The van der Waals surface area contributed by atoms with Crippen LogP contribution < -0.4 is 4.90 Å². The number of aromatic nitrogens is 1. The zero-order valence-electron chi connectivity index (χ0n) is 28.8. The number of fused-ring (bicyclic) bond motifs is 9. The Balaban J connectivity index is 1.20. The predicted molar refractivity (Wildman–Crippen MR) is 229 cm³/mol. The Kier molecular flexibility index (Phi) is 6.76. The van der Waals surface area contributed by atoms with E-state index in [0.29, 0.717) is 0 Å². The van der Waals surface area contributed by atoms with E-state index in [-0.39, 0.29) is 0 Å². The second-order valence-electron chi connectivity index (χ2n) is 13.8. The summed E-state index contributed by atoms with van der Waals surface area (Å²) < 4.78 is 5.02. The lowest BCUT2D eigenvalue weighted by Crippen LogP contribution is -2.10. The molecule has 0 N–H and O–H groups in total. The summed E-state index contributed by atoms with van der Waals surface area (Å²) in [6, 6.07) is 71.0. The standard InChI is InChI=1S/C50H32N2S/c1-3-12-33(13-4-1)36-23-22-34-24-26-39(31-37(34)30-36)51(46-20-11-21-48-49(46)44-28-25-35-14-7-8-17-41(35)50(44)53-48)40-27-29-43-42-18-9-10-19-45(42)52(47(43)32-40)38-15-5-2-6-16-38/h1-32H. The lowest BCUT2D eigenvalue weighted by Gasteiger charge is -2.27. The SMILES string of the molecule is c1ccc(-c2ccc3ccc(N(c4ccc5c6ccccc6n(-c6ccccc6)c5c4)c4cccc5sc6c7ccccc7ccc6c45)cc3c2)cc1. The number of rotatable bonds is 5. The number of hydrogen-bond acceptors (Lipinski definition) is 2. The van der Waals surface area contributed by atoms with Crippen molar-refractivity contribution in [3.8, 4) is 16.8 Å². The maximum absolute atomic E-state index is 2.48. The molecule has 0 spiro atoms. The highest BCUT2D eigenvalue weighted by atomic mass is 32.1. The minimum absolute atomic E-state index is 1.11.